The van der Waals surface area contributed by atoms with Gasteiger partial charge in [0.2, 0.25) is 11.7 Å². The third-order valence-corrected chi connectivity index (χ3v) is 4.13. The predicted octanol–water partition coefficient (Wildman–Crippen LogP) is 4.07. The van der Waals surface area contributed by atoms with Gasteiger partial charge in [0.05, 0.1) is 6.54 Å². The van der Waals surface area contributed by atoms with Crippen molar-refractivity contribution in [2.45, 2.75) is 37.9 Å². The Bertz CT molecular complexity index is 866. The van der Waals surface area contributed by atoms with E-state index in [9.17, 15) is 13.2 Å². The van der Waals surface area contributed by atoms with Crippen molar-refractivity contribution in [1.29, 1.82) is 0 Å². The van der Waals surface area contributed by atoms with Crippen molar-refractivity contribution in [2.75, 3.05) is 0 Å². The van der Waals surface area contributed by atoms with Gasteiger partial charge in [-0.2, -0.15) is 23.3 Å². The Morgan fingerprint density at radius 2 is 1.92 bits per heavy atom. The Hall–Kier alpha value is -2.64. The first-order valence-corrected chi connectivity index (χ1v) is 8.03. The zero-order valence-corrected chi connectivity index (χ0v) is 13.2. The van der Waals surface area contributed by atoms with Gasteiger partial charge in [-0.15, -0.1) is 0 Å². The van der Waals surface area contributed by atoms with Crippen molar-refractivity contribution in [1.82, 2.24) is 19.9 Å². The highest BCUT2D eigenvalue weighted by molar-refractivity contribution is 5.53. The van der Waals surface area contributed by atoms with E-state index in [1.807, 2.05) is 30.3 Å². The lowest BCUT2D eigenvalue weighted by Gasteiger charge is -2.04. The van der Waals surface area contributed by atoms with Crippen LogP contribution in [0.1, 0.15) is 36.0 Å². The average molecular weight is 348 g/mol. The number of hydrogen-bond donors (Lipinski definition) is 0. The quantitative estimate of drug-likeness (QED) is 0.697. The lowest BCUT2D eigenvalue weighted by atomic mass is 10.2. The normalized spacial score (nSPS) is 14.8. The first kappa shape index (κ1) is 15.9. The molecule has 0 N–H and O–H groups in total. The van der Waals surface area contributed by atoms with Crippen molar-refractivity contribution in [3.05, 3.63) is 53.7 Å². The summed E-state index contributed by atoms with van der Waals surface area (Å²) >= 11 is 0. The van der Waals surface area contributed by atoms with Crippen molar-refractivity contribution < 1.29 is 17.7 Å². The SMILES string of the molecule is FC(F)(F)c1cc(C2CC2)n(CCc2nc(-c3ccccc3)no2)n1. The van der Waals surface area contributed by atoms with Gasteiger partial charge in [0.25, 0.3) is 0 Å². The van der Waals surface area contributed by atoms with Gasteiger partial charge in [0, 0.05) is 23.6 Å². The van der Waals surface area contributed by atoms with Crippen LogP contribution in [0.4, 0.5) is 13.2 Å². The number of rotatable bonds is 5. The van der Waals surface area contributed by atoms with E-state index in [1.54, 1.807) is 0 Å². The van der Waals surface area contributed by atoms with Gasteiger partial charge in [-0.3, -0.25) is 4.68 Å². The van der Waals surface area contributed by atoms with Gasteiger partial charge in [0.15, 0.2) is 5.69 Å². The van der Waals surface area contributed by atoms with Gasteiger partial charge >= 0.3 is 6.18 Å². The monoisotopic (exact) mass is 348 g/mol. The molecule has 1 aliphatic rings. The van der Waals surface area contributed by atoms with E-state index < -0.39 is 11.9 Å². The molecule has 0 aliphatic heterocycles. The zero-order valence-electron chi connectivity index (χ0n) is 13.2. The fraction of sp³-hybridized carbons (Fsp3) is 0.353. The Kier molecular flexibility index (Phi) is 3.82. The van der Waals surface area contributed by atoms with Gasteiger partial charge in [-0.1, -0.05) is 35.5 Å². The van der Waals surface area contributed by atoms with Crippen LogP contribution >= 0.6 is 0 Å². The number of aryl methyl sites for hydroxylation is 2. The Balaban J connectivity index is 1.50. The van der Waals surface area contributed by atoms with Crippen LogP contribution in [0.2, 0.25) is 0 Å². The molecule has 130 valence electrons. The second kappa shape index (κ2) is 6.02. The van der Waals surface area contributed by atoms with Crippen molar-refractivity contribution >= 4 is 0 Å². The van der Waals surface area contributed by atoms with Crippen LogP contribution in [-0.4, -0.2) is 19.9 Å². The van der Waals surface area contributed by atoms with Crippen LogP contribution < -0.4 is 0 Å². The molecule has 0 radical (unpaired) electrons. The largest absolute Gasteiger partial charge is 0.435 e. The maximum Gasteiger partial charge on any atom is 0.435 e. The van der Waals surface area contributed by atoms with Crippen LogP contribution in [0.15, 0.2) is 40.9 Å². The molecule has 0 amide bonds. The maximum atomic E-state index is 12.9. The lowest BCUT2D eigenvalue weighted by Crippen LogP contribution is -2.10. The fourth-order valence-electron chi connectivity index (χ4n) is 2.72. The molecule has 25 heavy (non-hydrogen) atoms. The molecule has 3 aromatic rings. The van der Waals surface area contributed by atoms with Crippen LogP contribution in [-0.2, 0) is 19.1 Å². The van der Waals surface area contributed by atoms with Crippen LogP contribution in [0.3, 0.4) is 0 Å². The number of halogens is 3. The number of aromatic nitrogens is 4. The summed E-state index contributed by atoms with van der Waals surface area (Å²) in [6.07, 6.45) is -2.29. The summed E-state index contributed by atoms with van der Waals surface area (Å²) in [7, 11) is 0. The summed E-state index contributed by atoms with van der Waals surface area (Å²) in [6, 6.07) is 10.5. The summed E-state index contributed by atoms with van der Waals surface area (Å²) in [4.78, 5) is 4.30. The number of hydrogen-bond acceptors (Lipinski definition) is 4. The molecule has 5 nitrogen and oxygen atoms in total. The lowest BCUT2D eigenvalue weighted by molar-refractivity contribution is -0.141. The van der Waals surface area contributed by atoms with E-state index in [1.165, 1.54) is 4.68 Å². The molecule has 0 bridgehead atoms. The highest BCUT2D eigenvalue weighted by atomic mass is 19.4. The Labute approximate surface area is 141 Å². The number of alkyl halides is 3. The zero-order chi connectivity index (χ0) is 17.4. The summed E-state index contributed by atoms with van der Waals surface area (Å²) in [5.41, 5.74) is 0.620. The maximum absolute atomic E-state index is 12.9. The van der Waals surface area contributed by atoms with Crippen LogP contribution in [0.25, 0.3) is 11.4 Å². The molecule has 0 spiro atoms. The van der Waals surface area contributed by atoms with E-state index in [0.29, 0.717) is 23.8 Å². The minimum absolute atomic E-state index is 0.172. The van der Waals surface area contributed by atoms with E-state index >= 15 is 0 Å². The third kappa shape index (κ3) is 3.42. The van der Waals surface area contributed by atoms with E-state index in [2.05, 4.69) is 15.2 Å². The smallest absolute Gasteiger partial charge is 0.339 e. The molecule has 2 aromatic heterocycles. The van der Waals surface area contributed by atoms with E-state index in [4.69, 9.17) is 4.52 Å². The highest BCUT2D eigenvalue weighted by Crippen LogP contribution is 2.42. The minimum atomic E-state index is -4.43. The second-order valence-electron chi connectivity index (χ2n) is 6.08. The molecule has 8 heteroatoms. The summed E-state index contributed by atoms with van der Waals surface area (Å²) in [5.74, 6) is 1.02. The van der Waals surface area contributed by atoms with Crippen LogP contribution in [0, 0.1) is 0 Å². The predicted molar refractivity (Wildman–Crippen MR) is 82.6 cm³/mol. The molecular formula is C17H15F3N4O. The molecule has 1 aromatic carbocycles. The Morgan fingerprint density at radius 3 is 2.60 bits per heavy atom. The van der Waals surface area contributed by atoms with Gasteiger partial charge in [-0.05, 0) is 18.9 Å². The fourth-order valence-corrected chi connectivity index (χ4v) is 2.72. The van der Waals surface area contributed by atoms with Gasteiger partial charge in [0.1, 0.15) is 0 Å². The van der Waals surface area contributed by atoms with Gasteiger partial charge < -0.3 is 4.52 Å². The molecular weight excluding hydrogens is 333 g/mol. The van der Waals surface area contributed by atoms with E-state index in [-0.39, 0.29) is 12.5 Å². The standard InChI is InChI=1S/C17H15F3N4O/c18-17(19,20)14-10-13(11-6-7-11)24(22-14)9-8-15-21-16(23-25-15)12-4-2-1-3-5-12/h1-5,10-11H,6-9H2. The minimum Gasteiger partial charge on any atom is -0.339 e. The molecule has 4 rings (SSSR count). The van der Waals surface area contributed by atoms with Crippen molar-refractivity contribution in [3.8, 4) is 11.4 Å². The summed E-state index contributed by atoms with van der Waals surface area (Å²) in [6.45, 7) is 0.276. The molecule has 2 heterocycles. The van der Waals surface area contributed by atoms with Crippen molar-refractivity contribution in [2.24, 2.45) is 0 Å². The molecule has 0 saturated heterocycles. The summed E-state index contributed by atoms with van der Waals surface area (Å²) < 4.78 is 45.3. The van der Waals surface area contributed by atoms with Crippen molar-refractivity contribution in [3.63, 3.8) is 0 Å². The number of benzene rings is 1. The molecule has 0 unspecified atom stereocenters. The highest BCUT2D eigenvalue weighted by Gasteiger charge is 2.37. The topological polar surface area (TPSA) is 56.7 Å². The summed E-state index contributed by atoms with van der Waals surface area (Å²) in [5, 5.41) is 7.64. The second-order valence-corrected chi connectivity index (χ2v) is 6.08. The first-order chi connectivity index (χ1) is 12.0. The molecule has 1 fully saturated rings. The van der Waals surface area contributed by atoms with Crippen LogP contribution in [0.5, 0.6) is 0 Å². The third-order valence-electron chi connectivity index (χ3n) is 4.13. The molecule has 0 atom stereocenters. The average Bonchev–Trinajstić information content (AvgIpc) is 3.16. The van der Waals surface area contributed by atoms with E-state index in [0.717, 1.165) is 24.5 Å². The van der Waals surface area contributed by atoms with Gasteiger partial charge in [-0.25, -0.2) is 0 Å². The molecule has 1 saturated carbocycles. The number of nitrogens with zero attached hydrogens (tertiary/aromatic N) is 4. The molecule has 1 aliphatic carbocycles. The Morgan fingerprint density at radius 1 is 1.16 bits per heavy atom. The first-order valence-electron chi connectivity index (χ1n) is 8.03.